The number of nitrogens with zero attached hydrogens (tertiary/aromatic N) is 1. The van der Waals surface area contributed by atoms with Crippen LogP contribution in [0.2, 0.25) is 0 Å². The highest BCUT2D eigenvalue weighted by molar-refractivity contribution is 5.78. The van der Waals surface area contributed by atoms with Gasteiger partial charge in [0.2, 0.25) is 0 Å². The van der Waals surface area contributed by atoms with E-state index < -0.39 is 11.4 Å². The van der Waals surface area contributed by atoms with Crippen LogP contribution < -0.4 is 5.32 Å². The Hall–Kier alpha value is -1.30. The van der Waals surface area contributed by atoms with Gasteiger partial charge in [0.25, 0.3) is 0 Å². The van der Waals surface area contributed by atoms with Crippen molar-refractivity contribution in [2.75, 3.05) is 33.4 Å². The van der Waals surface area contributed by atoms with Crippen LogP contribution in [0.1, 0.15) is 32.1 Å². The topological polar surface area (TPSA) is 78.9 Å². The second-order valence-corrected chi connectivity index (χ2v) is 6.04. The number of hydrogen-bond acceptors (Lipinski definition) is 3. The third-order valence-electron chi connectivity index (χ3n) is 4.31. The van der Waals surface area contributed by atoms with Crippen LogP contribution in [0, 0.1) is 11.3 Å². The van der Waals surface area contributed by atoms with Gasteiger partial charge in [0.15, 0.2) is 0 Å². The molecule has 0 radical (unpaired) electrons. The number of carboxylic acids is 1. The van der Waals surface area contributed by atoms with Gasteiger partial charge in [0, 0.05) is 26.7 Å². The first-order chi connectivity index (χ1) is 9.53. The molecule has 0 unspecified atom stereocenters. The maximum Gasteiger partial charge on any atom is 0.317 e. The Labute approximate surface area is 119 Å². The average molecular weight is 284 g/mol. The summed E-state index contributed by atoms with van der Waals surface area (Å²) in [5, 5.41) is 11.9. The molecule has 0 aromatic rings. The molecule has 2 fully saturated rings. The first-order valence-corrected chi connectivity index (χ1v) is 7.34. The van der Waals surface area contributed by atoms with E-state index in [9.17, 15) is 14.7 Å². The molecule has 0 bridgehead atoms. The summed E-state index contributed by atoms with van der Waals surface area (Å²) in [6.45, 7) is 2.06. The van der Waals surface area contributed by atoms with E-state index in [2.05, 4.69) is 5.32 Å². The Morgan fingerprint density at radius 2 is 2.10 bits per heavy atom. The molecule has 0 atom stereocenters. The van der Waals surface area contributed by atoms with E-state index in [1.54, 1.807) is 11.9 Å². The van der Waals surface area contributed by atoms with Crippen LogP contribution in [0.5, 0.6) is 0 Å². The van der Waals surface area contributed by atoms with Gasteiger partial charge in [-0.05, 0) is 31.6 Å². The number of likely N-dealkylation sites (N-methyl/N-ethyl adjacent to an activating group) is 1. The molecule has 20 heavy (non-hydrogen) atoms. The van der Waals surface area contributed by atoms with Crippen molar-refractivity contribution in [1.82, 2.24) is 10.2 Å². The van der Waals surface area contributed by atoms with Gasteiger partial charge in [-0.1, -0.05) is 6.42 Å². The fourth-order valence-corrected chi connectivity index (χ4v) is 2.29. The second kappa shape index (κ2) is 6.43. The summed E-state index contributed by atoms with van der Waals surface area (Å²) in [6, 6.07) is -0.229. The number of aliphatic carboxylic acids is 1. The number of carboxylic acid groups (broad SMARTS) is 1. The van der Waals surface area contributed by atoms with Gasteiger partial charge in [0.05, 0.1) is 12.0 Å². The number of carbonyl (C=O) groups excluding carboxylic acids is 1. The smallest absolute Gasteiger partial charge is 0.317 e. The van der Waals surface area contributed by atoms with E-state index in [1.807, 2.05) is 0 Å². The minimum Gasteiger partial charge on any atom is -0.481 e. The molecule has 2 rings (SSSR count). The molecule has 0 spiro atoms. The molecule has 2 amide bonds. The molecule has 114 valence electrons. The van der Waals surface area contributed by atoms with Crippen molar-refractivity contribution in [3.8, 4) is 0 Å². The zero-order chi connectivity index (χ0) is 14.6. The van der Waals surface area contributed by atoms with Crippen LogP contribution in [0.15, 0.2) is 0 Å². The van der Waals surface area contributed by atoms with E-state index >= 15 is 0 Å². The van der Waals surface area contributed by atoms with Gasteiger partial charge >= 0.3 is 12.0 Å². The molecule has 6 nitrogen and oxygen atoms in total. The normalized spacial score (nSPS) is 20.1. The lowest BCUT2D eigenvalue weighted by molar-refractivity contribution is -0.153. The minimum atomic E-state index is -0.806. The molecule has 0 aliphatic heterocycles. The lowest BCUT2D eigenvalue weighted by Gasteiger charge is -2.37. The number of carbonyl (C=O) groups is 2. The zero-order valence-corrected chi connectivity index (χ0v) is 12.1. The number of ether oxygens (including phenoxy) is 1. The second-order valence-electron chi connectivity index (χ2n) is 6.04. The van der Waals surface area contributed by atoms with Crippen LogP contribution in [-0.4, -0.2) is 55.4 Å². The van der Waals surface area contributed by atoms with Gasteiger partial charge < -0.3 is 20.1 Å². The average Bonchev–Trinajstić information content (AvgIpc) is 3.16. The summed E-state index contributed by atoms with van der Waals surface area (Å²) in [7, 11) is 1.70. The zero-order valence-electron chi connectivity index (χ0n) is 12.1. The summed E-state index contributed by atoms with van der Waals surface area (Å²) in [6.07, 6.45) is 4.74. The maximum atomic E-state index is 11.9. The Balaban J connectivity index is 1.61. The predicted octanol–water partition coefficient (Wildman–Crippen LogP) is 1.31. The summed E-state index contributed by atoms with van der Waals surface area (Å²) in [5.74, 6) is -0.0809. The third-order valence-corrected chi connectivity index (χ3v) is 4.31. The molecule has 0 aromatic heterocycles. The molecule has 0 aromatic carbocycles. The Bertz CT molecular complexity index is 364. The SMILES string of the molecule is CN(CCOCC1CC1)C(=O)NCC1(C(=O)O)CCC1. The minimum absolute atomic E-state index is 0.217. The molecule has 2 N–H and O–H groups in total. The number of rotatable bonds is 8. The summed E-state index contributed by atoms with van der Waals surface area (Å²) < 4.78 is 5.48. The van der Waals surface area contributed by atoms with Gasteiger partial charge in [-0.15, -0.1) is 0 Å². The molecular weight excluding hydrogens is 260 g/mol. The maximum absolute atomic E-state index is 11.9. The van der Waals surface area contributed by atoms with Crippen molar-refractivity contribution < 1.29 is 19.4 Å². The first kappa shape index (κ1) is 15.1. The Morgan fingerprint density at radius 1 is 1.40 bits per heavy atom. The van der Waals surface area contributed by atoms with Crippen molar-refractivity contribution in [1.29, 1.82) is 0 Å². The quantitative estimate of drug-likeness (QED) is 0.659. The van der Waals surface area contributed by atoms with Crippen LogP contribution >= 0.6 is 0 Å². The van der Waals surface area contributed by atoms with Crippen molar-refractivity contribution in [3.63, 3.8) is 0 Å². The third kappa shape index (κ3) is 3.85. The highest BCUT2D eigenvalue weighted by Crippen LogP contribution is 2.40. The molecule has 6 heteroatoms. The van der Waals surface area contributed by atoms with Crippen molar-refractivity contribution in [2.24, 2.45) is 11.3 Å². The van der Waals surface area contributed by atoms with E-state index in [0.29, 0.717) is 26.0 Å². The predicted molar refractivity (Wildman–Crippen MR) is 73.5 cm³/mol. The fraction of sp³-hybridized carbons (Fsp3) is 0.857. The van der Waals surface area contributed by atoms with Crippen LogP contribution in [0.25, 0.3) is 0 Å². The van der Waals surface area contributed by atoms with E-state index in [-0.39, 0.29) is 12.6 Å². The molecule has 2 aliphatic rings. The molecular formula is C14H24N2O4. The largest absolute Gasteiger partial charge is 0.481 e. The Morgan fingerprint density at radius 3 is 2.60 bits per heavy atom. The van der Waals surface area contributed by atoms with Gasteiger partial charge in [-0.25, -0.2) is 4.79 Å². The highest BCUT2D eigenvalue weighted by Gasteiger charge is 2.44. The van der Waals surface area contributed by atoms with Crippen molar-refractivity contribution >= 4 is 12.0 Å². The van der Waals surface area contributed by atoms with Crippen LogP contribution in [0.4, 0.5) is 4.79 Å². The Kier molecular flexibility index (Phi) is 4.86. The molecule has 0 heterocycles. The number of hydrogen-bond donors (Lipinski definition) is 2. The van der Waals surface area contributed by atoms with E-state index in [1.165, 1.54) is 12.8 Å². The molecule has 0 saturated heterocycles. The standard InChI is InChI=1S/C14H24N2O4/c1-16(7-8-20-9-11-3-4-11)13(19)15-10-14(12(17)18)5-2-6-14/h11H,2-10H2,1H3,(H,15,19)(H,17,18). The summed E-state index contributed by atoms with van der Waals surface area (Å²) >= 11 is 0. The summed E-state index contributed by atoms with van der Waals surface area (Å²) in [5.41, 5.74) is -0.737. The van der Waals surface area contributed by atoms with Crippen LogP contribution in [-0.2, 0) is 9.53 Å². The fourth-order valence-electron chi connectivity index (χ4n) is 2.29. The van der Waals surface area contributed by atoms with Crippen molar-refractivity contribution in [2.45, 2.75) is 32.1 Å². The highest BCUT2D eigenvalue weighted by atomic mass is 16.5. The number of amides is 2. The van der Waals surface area contributed by atoms with Gasteiger partial charge in [-0.3, -0.25) is 4.79 Å². The monoisotopic (exact) mass is 284 g/mol. The van der Waals surface area contributed by atoms with Gasteiger partial charge in [-0.2, -0.15) is 0 Å². The summed E-state index contributed by atoms with van der Waals surface area (Å²) in [4.78, 5) is 24.6. The van der Waals surface area contributed by atoms with Crippen molar-refractivity contribution in [3.05, 3.63) is 0 Å². The van der Waals surface area contributed by atoms with Gasteiger partial charge in [0.1, 0.15) is 0 Å². The van der Waals surface area contributed by atoms with Crippen LogP contribution in [0.3, 0.4) is 0 Å². The number of urea groups is 1. The molecule has 2 aliphatic carbocycles. The molecule has 2 saturated carbocycles. The number of nitrogens with one attached hydrogen (secondary N) is 1. The van der Waals surface area contributed by atoms with E-state index in [4.69, 9.17) is 4.74 Å². The lowest BCUT2D eigenvalue weighted by atomic mass is 9.69. The lowest BCUT2D eigenvalue weighted by Crippen LogP contribution is -2.50. The van der Waals surface area contributed by atoms with E-state index in [0.717, 1.165) is 18.9 Å². The first-order valence-electron chi connectivity index (χ1n) is 7.34.